The minimum Gasteiger partial charge on any atom is -0.352 e. The lowest BCUT2D eigenvalue weighted by Crippen LogP contribution is -2.38. The van der Waals surface area contributed by atoms with Crippen molar-refractivity contribution in [3.05, 3.63) is 48.0 Å². The summed E-state index contributed by atoms with van der Waals surface area (Å²) in [6.45, 7) is 6.50. The predicted molar refractivity (Wildman–Crippen MR) is 96.1 cm³/mol. The Morgan fingerprint density at radius 3 is 2.36 bits per heavy atom. The highest BCUT2D eigenvalue weighted by atomic mass is 15.3. The van der Waals surface area contributed by atoms with Gasteiger partial charge in [-0.15, -0.1) is 6.58 Å². The van der Waals surface area contributed by atoms with E-state index >= 15 is 0 Å². The molecule has 0 unspecified atom stereocenters. The van der Waals surface area contributed by atoms with E-state index in [4.69, 9.17) is 0 Å². The number of nitrogens with zero attached hydrogens (tertiary/aromatic N) is 3. The first-order valence-corrected chi connectivity index (χ1v) is 7.82. The van der Waals surface area contributed by atoms with E-state index in [1.807, 2.05) is 13.1 Å². The first kappa shape index (κ1) is 18.2. The minimum atomic E-state index is 0.792. The van der Waals surface area contributed by atoms with Gasteiger partial charge >= 0.3 is 0 Å². The van der Waals surface area contributed by atoms with Gasteiger partial charge in [0.15, 0.2) is 5.96 Å². The fraction of sp³-hybridized carbons (Fsp3) is 0.500. The van der Waals surface area contributed by atoms with Crippen LogP contribution in [0, 0.1) is 0 Å². The molecular weight excluding hydrogens is 272 g/mol. The van der Waals surface area contributed by atoms with Gasteiger partial charge in [-0.05, 0) is 38.1 Å². The summed E-state index contributed by atoms with van der Waals surface area (Å²) >= 11 is 0. The molecule has 0 aliphatic carbocycles. The zero-order valence-corrected chi connectivity index (χ0v) is 14.5. The Balaban J connectivity index is 2.47. The van der Waals surface area contributed by atoms with E-state index in [2.05, 4.69) is 72.1 Å². The second kappa shape index (κ2) is 10.0. The van der Waals surface area contributed by atoms with Crippen molar-refractivity contribution in [3.63, 3.8) is 0 Å². The molecule has 0 aliphatic heterocycles. The molecule has 22 heavy (non-hydrogen) atoms. The molecule has 0 aliphatic rings. The number of rotatable bonds is 8. The molecule has 122 valence electrons. The van der Waals surface area contributed by atoms with Gasteiger partial charge in [-0.2, -0.15) is 0 Å². The molecule has 0 saturated heterocycles. The average Bonchev–Trinajstić information content (AvgIpc) is 2.49. The van der Waals surface area contributed by atoms with Gasteiger partial charge in [-0.1, -0.05) is 30.3 Å². The van der Waals surface area contributed by atoms with E-state index in [-0.39, 0.29) is 0 Å². The largest absolute Gasteiger partial charge is 0.352 e. The van der Waals surface area contributed by atoms with Crippen LogP contribution < -0.4 is 5.32 Å². The molecule has 0 heterocycles. The molecule has 1 aromatic carbocycles. The number of nitrogens with one attached hydrogen (secondary N) is 1. The molecule has 1 rings (SSSR count). The van der Waals surface area contributed by atoms with Crippen LogP contribution in [0.2, 0.25) is 0 Å². The Morgan fingerprint density at radius 2 is 1.82 bits per heavy atom. The molecule has 0 bridgehead atoms. The normalized spacial score (nSPS) is 11.6. The second-order valence-corrected chi connectivity index (χ2v) is 5.81. The number of guanidine groups is 1. The van der Waals surface area contributed by atoms with Gasteiger partial charge in [0.1, 0.15) is 0 Å². The number of benzene rings is 1. The zero-order valence-electron chi connectivity index (χ0n) is 14.5. The molecule has 0 fully saturated rings. The highest BCUT2D eigenvalue weighted by Crippen LogP contribution is 2.06. The first-order chi connectivity index (χ1) is 10.6. The summed E-state index contributed by atoms with van der Waals surface area (Å²) in [6.07, 6.45) is 4.09. The highest BCUT2D eigenvalue weighted by Gasteiger charge is 2.05. The number of allylic oxidation sites excluding steroid dienone is 1. The van der Waals surface area contributed by atoms with Crippen molar-refractivity contribution in [2.24, 2.45) is 4.99 Å². The van der Waals surface area contributed by atoms with Crippen LogP contribution in [0.4, 0.5) is 0 Å². The summed E-state index contributed by atoms with van der Waals surface area (Å²) in [5.41, 5.74) is 2.60. The van der Waals surface area contributed by atoms with Gasteiger partial charge in [0.05, 0.1) is 0 Å². The Labute approximate surface area is 135 Å². The fourth-order valence-electron chi connectivity index (χ4n) is 2.27. The van der Waals surface area contributed by atoms with Crippen LogP contribution in [0.5, 0.6) is 0 Å². The molecule has 0 atom stereocenters. The Bertz CT molecular complexity index is 462. The topological polar surface area (TPSA) is 30.9 Å². The van der Waals surface area contributed by atoms with Gasteiger partial charge in [0.2, 0.25) is 0 Å². The fourth-order valence-corrected chi connectivity index (χ4v) is 2.27. The maximum absolute atomic E-state index is 4.34. The van der Waals surface area contributed by atoms with Gasteiger partial charge < -0.3 is 15.1 Å². The summed E-state index contributed by atoms with van der Waals surface area (Å²) in [7, 11) is 8.06. The quantitative estimate of drug-likeness (QED) is 0.347. The lowest BCUT2D eigenvalue weighted by Gasteiger charge is -2.22. The minimum absolute atomic E-state index is 0.792. The van der Waals surface area contributed by atoms with Crippen LogP contribution in [0.15, 0.2) is 41.9 Å². The van der Waals surface area contributed by atoms with Crippen molar-refractivity contribution in [2.45, 2.75) is 25.9 Å². The van der Waals surface area contributed by atoms with Crippen LogP contribution in [0.1, 0.15) is 24.0 Å². The Morgan fingerprint density at radius 1 is 1.18 bits per heavy atom. The number of hydrogen-bond acceptors (Lipinski definition) is 2. The first-order valence-electron chi connectivity index (χ1n) is 7.82. The van der Waals surface area contributed by atoms with E-state index in [1.165, 1.54) is 11.1 Å². The summed E-state index contributed by atoms with van der Waals surface area (Å²) in [5, 5.41) is 3.41. The molecule has 0 radical (unpaired) electrons. The number of aliphatic imine (C=N–C) groups is 1. The van der Waals surface area contributed by atoms with E-state index < -0.39 is 0 Å². The molecule has 0 spiro atoms. The molecule has 0 saturated carbocycles. The zero-order chi connectivity index (χ0) is 16.4. The van der Waals surface area contributed by atoms with Crippen LogP contribution >= 0.6 is 0 Å². The van der Waals surface area contributed by atoms with Crippen LogP contribution in [0.3, 0.4) is 0 Å². The van der Waals surface area contributed by atoms with E-state index in [1.54, 1.807) is 0 Å². The third kappa shape index (κ3) is 6.76. The van der Waals surface area contributed by atoms with Crippen LogP contribution in [0.25, 0.3) is 0 Å². The second-order valence-electron chi connectivity index (χ2n) is 5.81. The lowest BCUT2D eigenvalue weighted by molar-refractivity contribution is 0.402. The van der Waals surface area contributed by atoms with Gasteiger partial charge in [-0.25, -0.2) is 0 Å². The van der Waals surface area contributed by atoms with Gasteiger partial charge in [-0.3, -0.25) is 4.99 Å². The van der Waals surface area contributed by atoms with Crippen molar-refractivity contribution in [2.75, 3.05) is 34.7 Å². The van der Waals surface area contributed by atoms with E-state index in [9.17, 15) is 0 Å². The molecule has 4 heteroatoms. The standard InChI is InChI=1S/C18H30N4/c1-6-7-8-13-22(5)18(19-2)20-14-16-9-11-17(12-10-16)15-21(3)4/h6,9-12H,1,7-8,13-15H2,2-5H3,(H,19,20). The van der Waals surface area contributed by atoms with Gasteiger partial charge in [0, 0.05) is 33.7 Å². The summed E-state index contributed by atoms with van der Waals surface area (Å²) in [6, 6.07) is 8.73. The Hall–Kier alpha value is -1.81. The molecule has 1 aromatic rings. The van der Waals surface area contributed by atoms with Gasteiger partial charge in [0.25, 0.3) is 0 Å². The number of unbranched alkanes of at least 4 members (excludes halogenated alkanes) is 1. The molecule has 0 aromatic heterocycles. The number of hydrogen-bond donors (Lipinski definition) is 1. The predicted octanol–water partition coefficient (Wildman–Crippen LogP) is 2.72. The smallest absolute Gasteiger partial charge is 0.193 e. The van der Waals surface area contributed by atoms with Crippen molar-refractivity contribution < 1.29 is 0 Å². The summed E-state index contributed by atoms with van der Waals surface area (Å²) < 4.78 is 0. The Kier molecular flexibility index (Phi) is 8.30. The van der Waals surface area contributed by atoms with Crippen molar-refractivity contribution >= 4 is 5.96 Å². The monoisotopic (exact) mass is 302 g/mol. The average molecular weight is 302 g/mol. The molecule has 4 nitrogen and oxygen atoms in total. The van der Waals surface area contributed by atoms with E-state index in [0.717, 1.165) is 38.4 Å². The summed E-state index contributed by atoms with van der Waals surface area (Å²) in [4.78, 5) is 8.67. The summed E-state index contributed by atoms with van der Waals surface area (Å²) in [5.74, 6) is 0.932. The molecular formula is C18H30N4. The third-order valence-corrected chi connectivity index (χ3v) is 3.45. The molecule has 1 N–H and O–H groups in total. The third-order valence-electron chi connectivity index (χ3n) is 3.45. The van der Waals surface area contributed by atoms with Crippen molar-refractivity contribution in [1.29, 1.82) is 0 Å². The lowest BCUT2D eigenvalue weighted by atomic mass is 10.1. The maximum Gasteiger partial charge on any atom is 0.193 e. The SMILES string of the molecule is C=CCCCN(C)C(=NC)NCc1ccc(CN(C)C)cc1. The highest BCUT2D eigenvalue weighted by molar-refractivity contribution is 5.79. The maximum atomic E-state index is 4.34. The van der Waals surface area contributed by atoms with Crippen molar-refractivity contribution in [3.8, 4) is 0 Å². The van der Waals surface area contributed by atoms with Crippen LogP contribution in [-0.4, -0.2) is 50.5 Å². The molecule has 0 amide bonds. The van der Waals surface area contributed by atoms with Crippen molar-refractivity contribution in [1.82, 2.24) is 15.1 Å². The van der Waals surface area contributed by atoms with E-state index in [0.29, 0.717) is 0 Å². The van der Waals surface area contributed by atoms with Crippen LogP contribution in [-0.2, 0) is 13.1 Å².